The molecule has 2 aromatic carbocycles. The van der Waals surface area contributed by atoms with Gasteiger partial charge in [-0.25, -0.2) is 0 Å². The van der Waals surface area contributed by atoms with E-state index in [0.717, 1.165) is 5.52 Å². The minimum atomic E-state index is 0. The molecule has 0 atom stereocenters. The van der Waals surface area contributed by atoms with E-state index in [-0.39, 0.29) is 21.1 Å². The summed E-state index contributed by atoms with van der Waals surface area (Å²) in [7, 11) is 0. The molecule has 15 heavy (non-hydrogen) atoms. The maximum atomic E-state index is 4.41. The van der Waals surface area contributed by atoms with Crippen molar-refractivity contribution >= 4 is 21.7 Å². The third-order valence-corrected chi connectivity index (χ3v) is 2.50. The molecule has 0 saturated carbocycles. The monoisotopic (exact) mass is 374 g/mol. The number of nitrogens with zero attached hydrogens (tertiary/aromatic N) is 1. The Morgan fingerprint density at radius 2 is 1.40 bits per heavy atom. The molecule has 0 saturated heterocycles. The first kappa shape index (κ1) is 10.3. The molecule has 0 amide bonds. The van der Waals surface area contributed by atoms with Crippen molar-refractivity contribution in [3.63, 3.8) is 0 Å². The predicted molar refractivity (Wildman–Crippen MR) is 59.2 cm³/mol. The van der Waals surface area contributed by atoms with Crippen LogP contribution in [0.15, 0.2) is 54.7 Å². The largest absolute Gasteiger partial charge is 2.00 e. The molecule has 1 nitrogen and oxygen atoms in total. The number of hydrogen-bond donors (Lipinski definition) is 0. The van der Waals surface area contributed by atoms with Crippen LogP contribution in [0, 0.1) is 0 Å². The number of fused-ring (bicyclic) bond motifs is 3. The molecular formula is C13H9NPt+2. The second kappa shape index (κ2) is 4.12. The minimum Gasteiger partial charge on any atom is -0.256 e. The molecule has 0 bridgehead atoms. The first-order valence-corrected chi connectivity index (χ1v) is 4.68. The van der Waals surface area contributed by atoms with E-state index >= 15 is 0 Å². The molecule has 0 fully saturated rings. The van der Waals surface area contributed by atoms with Gasteiger partial charge in [0.1, 0.15) is 0 Å². The summed E-state index contributed by atoms with van der Waals surface area (Å²) in [6.07, 6.45) is 1.93. The molecule has 1 heterocycles. The quantitative estimate of drug-likeness (QED) is 0.550. The van der Waals surface area contributed by atoms with Gasteiger partial charge >= 0.3 is 21.1 Å². The number of rotatable bonds is 0. The van der Waals surface area contributed by atoms with Crippen LogP contribution < -0.4 is 0 Å². The molecule has 0 aliphatic heterocycles. The van der Waals surface area contributed by atoms with E-state index in [9.17, 15) is 0 Å². The van der Waals surface area contributed by atoms with Crippen LogP contribution in [-0.2, 0) is 21.1 Å². The molecule has 0 spiro atoms. The van der Waals surface area contributed by atoms with Crippen molar-refractivity contribution in [1.82, 2.24) is 4.98 Å². The predicted octanol–water partition coefficient (Wildman–Crippen LogP) is 3.39. The van der Waals surface area contributed by atoms with E-state index in [0.29, 0.717) is 0 Å². The van der Waals surface area contributed by atoms with Crippen molar-refractivity contribution in [1.29, 1.82) is 0 Å². The summed E-state index contributed by atoms with van der Waals surface area (Å²) >= 11 is 0. The van der Waals surface area contributed by atoms with Crippen molar-refractivity contribution in [3.8, 4) is 0 Å². The summed E-state index contributed by atoms with van der Waals surface area (Å²) in [4.78, 5) is 4.41. The van der Waals surface area contributed by atoms with Gasteiger partial charge in [0.15, 0.2) is 0 Å². The summed E-state index contributed by atoms with van der Waals surface area (Å²) in [6.45, 7) is 0. The molecule has 74 valence electrons. The van der Waals surface area contributed by atoms with Gasteiger partial charge in [0.25, 0.3) is 0 Å². The zero-order valence-corrected chi connectivity index (χ0v) is 10.2. The molecule has 3 aromatic rings. The van der Waals surface area contributed by atoms with Gasteiger partial charge in [0.05, 0.1) is 5.52 Å². The molecule has 0 aliphatic carbocycles. The summed E-state index contributed by atoms with van der Waals surface area (Å²) in [5.41, 5.74) is 1.06. The second-order valence-corrected chi connectivity index (χ2v) is 3.36. The zero-order valence-electron chi connectivity index (χ0n) is 7.96. The van der Waals surface area contributed by atoms with E-state index < -0.39 is 0 Å². The van der Waals surface area contributed by atoms with E-state index in [1.54, 1.807) is 0 Å². The standard InChI is InChI=1S/C13H9N.Pt/c1-2-6-11-10(5-1)9-14-13-8-4-3-7-12(11)13;/h1-9H;/q;+2. The summed E-state index contributed by atoms with van der Waals surface area (Å²) in [6, 6.07) is 16.6. The van der Waals surface area contributed by atoms with Crippen LogP contribution in [0.1, 0.15) is 0 Å². The number of hydrogen-bond acceptors (Lipinski definition) is 1. The van der Waals surface area contributed by atoms with Crippen molar-refractivity contribution in [2.75, 3.05) is 0 Å². The summed E-state index contributed by atoms with van der Waals surface area (Å²) < 4.78 is 0. The van der Waals surface area contributed by atoms with Gasteiger partial charge in [-0.15, -0.1) is 0 Å². The second-order valence-electron chi connectivity index (χ2n) is 3.36. The molecule has 0 unspecified atom stereocenters. The number of benzene rings is 2. The van der Waals surface area contributed by atoms with Gasteiger partial charge in [0, 0.05) is 17.0 Å². The molecule has 0 aliphatic rings. The first-order chi connectivity index (χ1) is 6.95. The number of aromatic nitrogens is 1. The fraction of sp³-hybridized carbons (Fsp3) is 0. The average Bonchev–Trinajstić information content (AvgIpc) is 2.29. The van der Waals surface area contributed by atoms with E-state index in [1.807, 2.05) is 24.4 Å². The Morgan fingerprint density at radius 1 is 0.733 bits per heavy atom. The zero-order chi connectivity index (χ0) is 9.38. The number of para-hydroxylation sites is 1. The van der Waals surface area contributed by atoms with Crippen molar-refractivity contribution in [2.24, 2.45) is 0 Å². The fourth-order valence-electron chi connectivity index (χ4n) is 1.81. The van der Waals surface area contributed by atoms with Gasteiger partial charge in [-0.1, -0.05) is 42.5 Å². The van der Waals surface area contributed by atoms with Gasteiger partial charge in [-0.05, 0) is 11.5 Å². The van der Waals surface area contributed by atoms with Crippen LogP contribution in [0.25, 0.3) is 21.7 Å². The molecule has 0 N–H and O–H groups in total. The van der Waals surface area contributed by atoms with Gasteiger partial charge in [0.2, 0.25) is 0 Å². The van der Waals surface area contributed by atoms with E-state index in [1.165, 1.54) is 16.2 Å². The van der Waals surface area contributed by atoms with Crippen LogP contribution in [0.2, 0.25) is 0 Å². The molecule has 0 radical (unpaired) electrons. The third kappa shape index (κ3) is 1.68. The Morgan fingerprint density at radius 3 is 2.27 bits per heavy atom. The molecule has 1 aromatic heterocycles. The van der Waals surface area contributed by atoms with E-state index in [4.69, 9.17) is 0 Å². The molecule has 2 heteroatoms. The topological polar surface area (TPSA) is 12.9 Å². The van der Waals surface area contributed by atoms with E-state index in [2.05, 4.69) is 35.3 Å². The van der Waals surface area contributed by atoms with Crippen molar-refractivity contribution in [2.45, 2.75) is 0 Å². The SMILES string of the molecule is [Pt+2].c1ccc2c(c1)cnc1ccccc12. The Hall–Kier alpha value is -1.20. The summed E-state index contributed by atoms with van der Waals surface area (Å²) in [5.74, 6) is 0. The Labute approximate surface area is 102 Å². The Kier molecular flexibility index (Phi) is 2.83. The summed E-state index contributed by atoms with van der Waals surface area (Å²) in [5, 5.41) is 3.70. The maximum absolute atomic E-state index is 4.41. The normalized spacial score (nSPS) is 10.1. The van der Waals surface area contributed by atoms with Gasteiger partial charge in [-0.3, -0.25) is 4.98 Å². The number of pyridine rings is 1. The van der Waals surface area contributed by atoms with Crippen LogP contribution in [0.5, 0.6) is 0 Å². The Bertz CT molecular complexity index is 550. The minimum absolute atomic E-state index is 0. The van der Waals surface area contributed by atoms with Crippen LogP contribution >= 0.6 is 0 Å². The Balaban J connectivity index is 0.000000853. The van der Waals surface area contributed by atoms with Gasteiger partial charge < -0.3 is 0 Å². The van der Waals surface area contributed by atoms with Crippen molar-refractivity contribution < 1.29 is 21.1 Å². The molecule has 3 rings (SSSR count). The van der Waals surface area contributed by atoms with Crippen LogP contribution in [0.4, 0.5) is 0 Å². The average molecular weight is 374 g/mol. The first-order valence-electron chi connectivity index (χ1n) is 4.68. The van der Waals surface area contributed by atoms with Crippen LogP contribution in [0.3, 0.4) is 0 Å². The third-order valence-electron chi connectivity index (χ3n) is 2.50. The fourth-order valence-corrected chi connectivity index (χ4v) is 1.81. The van der Waals surface area contributed by atoms with Crippen molar-refractivity contribution in [3.05, 3.63) is 54.7 Å². The van der Waals surface area contributed by atoms with Gasteiger partial charge in [-0.2, -0.15) is 0 Å². The molecular weight excluding hydrogens is 365 g/mol. The van der Waals surface area contributed by atoms with Crippen LogP contribution in [-0.4, -0.2) is 4.98 Å². The smallest absolute Gasteiger partial charge is 0.256 e. The maximum Gasteiger partial charge on any atom is 2.00 e.